The molecule has 25 heavy (non-hydrogen) atoms. The molecule has 9 heteroatoms. The molecule has 0 aromatic heterocycles. The van der Waals surface area contributed by atoms with E-state index in [2.05, 4.69) is 0 Å². The van der Waals surface area contributed by atoms with Gasteiger partial charge in [0.05, 0.1) is 0 Å². The first kappa shape index (κ1) is 13.0. The molecule has 0 amide bonds. The van der Waals surface area contributed by atoms with Crippen LogP contribution in [0.3, 0.4) is 0 Å². The van der Waals surface area contributed by atoms with Crippen LogP contribution in [0.25, 0.3) is 0 Å². The van der Waals surface area contributed by atoms with E-state index in [1.165, 1.54) is 0 Å². The van der Waals surface area contributed by atoms with Gasteiger partial charge in [0.2, 0.25) is 0 Å². The van der Waals surface area contributed by atoms with E-state index in [4.69, 9.17) is 26.6 Å². The minimum absolute atomic E-state index is 0.200. The SMILES string of the molecule is CO[Si](OC)(OC)[C]12[CH]3[CH]4[CH]5[C]1([Si](OC)(OC)OC)[Fe]43521678[CH]2[CH]1[CH]6[CH]7[CH]28. The maximum atomic E-state index is 6.30. The molecule has 142 valence electrons. The van der Waals surface area contributed by atoms with Crippen LogP contribution in [-0.2, 0) is 33.1 Å². The molecule has 0 saturated carbocycles. The van der Waals surface area contributed by atoms with Gasteiger partial charge >= 0.3 is 140 Å². The fourth-order valence-electron chi connectivity index (χ4n) is 19.7. The topological polar surface area (TPSA) is 55.4 Å². The molecule has 0 aromatic rings. The van der Waals surface area contributed by atoms with Crippen LogP contribution in [0.15, 0.2) is 0 Å². The first-order valence-corrected chi connectivity index (χ1v) is 19.0. The Balaban J connectivity index is 1.46. The van der Waals surface area contributed by atoms with Crippen molar-refractivity contribution in [1.29, 1.82) is 0 Å². The average molecular weight is 426 g/mol. The van der Waals surface area contributed by atoms with Crippen molar-refractivity contribution < 1.29 is 33.1 Å². The van der Waals surface area contributed by atoms with Crippen molar-refractivity contribution in [2.75, 3.05) is 42.7 Å². The third kappa shape index (κ3) is 0.183. The van der Waals surface area contributed by atoms with Gasteiger partial charge in [-0.2, -0.15) is 0 Å². The van der Waals surface area contributed by atoms with Crippen molar-refractivity contribution in [2.45, 2.75) is 46.4 Å². The molecule has 1 spiro atoms. The monoisotopic (exact) mass is 426 g/mol. The number of hydrogen-bond donors (Lipinski definition) is 0. The molecule has 10 rings (SSSR count). The van der Waals surface area contributed by atoms with Crippen molar-refractivity contribution >= 4 is 17.6 Å². The Hall–Kier alpha value is 0.713. The summed E-state index contributed by atoms with van der Waals surface area (Å²) in [6.45, 7) is -3.94. The van der Waals surface area contributed by atoms with E-state index in [0.717, 1.165) is 38.5 Å². The molecular weight excluding hydrogens is 400 g/mol. The number of fused-ring (bicyclic) bond motifs is 10. The second kappa shape index (κ2) is 1.40. The predicted octanol–water partition coefficient (Wildman–Crippen LogP) is 2.95. The zero-order valence-corrected chi connectivity index (χ0v) is 18.5. The molecule has 4 unspecified atom stereocenters. The fraction of sp³-hybridized carbons (Fsp3) is 1.00. The van der Waals surface area contributed by atoms with Crippen molar-refractivity contribution in [3.05, 3.63) is 0 Å². The summed E-state index contributed by atoms with van der Waals surface area (Å²) >= 11 is 0. The van der Waals surface area contributed by atoms with Crippen molar-refractivity contribution in [2.24, 2.45) is 0 Å². The summed E-state index contributed by atoms with van der Waals surface area (Å²) in [5.74, 6) is 0. The normalized spacial score (nSPS) is 89.4. The first-order valence-electron chi connectivity index (χ1n) is 9.32. The van der Waals surface area contributed by atoms with E-state index < -0.39 is 24.1 Å². The van der Waals surface area contributed by atoms with E-state index in [1.54, 1.807) is 0 Å². The summed E-state index contributed by atoms with van der Waals surface area (Å²) in [5, 5.41) is 0. The van der Waals surface area contributed by atoms with Crippen LogP contribution in [0.2, 0.25) is 46.4 Å². The van der Waals surface area contributed by atoms with Gasteiger partial charge in [-0.1, -0.05) is 0 Å². The zero-order chi connectivity index (χ0) is 17.2. The molecule has 10 aliphatic heterocycles. The summed E-state index contributed by atoms with van der Waals surface area (Å²) < 4.78 is 38.2. The summed E-state index contributed by atoms with van der Waals surface area (Å²) in [5.41, 5.74) is 0. The van der Waals surface area contributed by atoms with Crippen LogP contribution < -0.4 is 0 Å². The van der Waals surface area contributed by atoms with Gasteiger partial charge in [-0.3, -0.25) is 0 Å². The van der Waals surface area contributed by atoms with Crippen LogP contribution in [0.4, 0.5) is 0 Å². The summed E-state index contributed by atoms with van der Waals surface area (Å²) in [6.07, 6.45) is 0. The molecule has 10 aliphatic rings. The third-order valence-corrected chi connectivity index (χ3v) is 76.7. The molecule has 10 fully saturated rings. The van der Waals surface area contributed by atoms with E-state index in [9.17, 15) is 0 Å². The first-order chi connectivity index (χ1) is 11.8. The Bertz CT molecular complexity index is 1080. The summed E-state index contributed by atoms with van der Waals surface area (Å²) in [6, 6.07) is 0. The average Bonchev–Trinajstić information content (AvgIpc) is 3.60. The van der Waals surface area contributed by atoms with Gasteiger partial charge < -0.3 is 0 Å². The zero-order valence-electron chi connectivity index (χ0n) is 15.4. The fourth-order valence-corrected chi connectivity index (χ4v) is 131. The Morgan fingerprint density at radius 2 is 0.800 bits per heavy atom. The standard InChI is InChI=1S/C11H21O6Si2.C5H5.Fe/c1-12-18(13-2,14-3)10-8-7-9-11(10)19(15-4,16-5)17-6;1-2-4-5-3-1;/h7-9H,1-6H3;1-5H;. The van der Waals surface area contributed by atoms with Crippen molar-refractivity contribution in [3.63, 3.8) is 0 Å². The Kier molecular flexibility index (Phi) is 0.729. The predicted molar refractivity (Wildman–Crippen MR) is 88.9 cm³/mol. The molecule has 0 radical (unpaired) electrons. The van der Waals surface area contributed by atoms with Gasteiger partial charge in [-0.15, -0.1) is 0 Å². The molecule has 6 nitrogen and oxygen atoms in total. The van der Waals surface area contributed by atoms with E-state index in [1.807, 2.05) is 42.7 Å². The van der Waals surface area contributed by atoms with E-state index in [-0.39, 0.29) is 7.87 Å². The van der Waals surface area contributed by atoms with Crippen LogP contribution >= 0.6 is 0 Å². The van der Waals surface area contributed by atoms with Crippen LogP contribution in [0.1, 0.15) is 0 Å². The Morgan fingerprint density at radius 1 is 0.520 bits per heavy atom. The molecule has 0 bridgehead atoms. The molecule has 0 aliphatic carbocycles. The maximum absolute atomic E-state index is 6.30. The van der Waals surface area contributed by atoms with Crippen LogP contribution in [0.5, 0.6) is 0 Å². The van der Waals surface area contributed by atoms with Crippen LogP contribution in [0, 0.1) is 0 Å². The summed E-state index contributed by atoms with van der Waals surface area (Å²) in [4.78, 5) is 8.22. The number of hydrogen-bond acceptors (Lipinski definition) is 6. The summed E-state index contributed by atoms with van der Waals surface area (Å²) in [7, 11) is 5.37. The van der Waals surface area contributed by atoms with Gasteiger partial charge in [0, 0.05) is 0 Å². The Labute approximate surface area is 139 Å². The van der Waals surface area contributed by atoms with E-state index >= 15 is 0 Å². The second-order valence-electron chi connectivity index (χ2n) is 12.1. The van der Waals surface area contributed by atoms with Crippen molar-refractivity contribution in [3.8, 4) is 0 Å². The number of rotatable bonds is 8. The minimum atomic E-state index is -3.94. The van der Waals surface area contributed by atoms with Crippen molar-refractivity contribution in [1.82, 2.24) is 0 Å². The molecule has 0 N–H and O–H groups in total. The second-order valence-corrected chi connectivity index (χ2v) is 42.5. The molecular formula is C16H26FeO6Si2. The van der Waals surface area contributed by atoms with Gasteiger partial charge in [0.25, 0.3) is 0 Å². The van der Waals surface area contributed by atoms with Crippen LogP contribution in [-0.4, -0.2) is 60.3 Å². The molecule has 0 aromatic carbocycles. The van der Waals surface area contributed by atoms with Gasteiger partial charge in [-0.05, 0) is 0 Å². The molecule has 10 saturated heterocycles. The Morgan fingerprint density at radius 3 is 0.960 bits per heavy atom. The third-order valence-electron chi connectivity index (χ3n) is 17.4. The molecule has 4 atom stereocenters. The van der Waals surface area contributed by atoms with E-state index in [0.29, 0.717) is 0 Å². The van der Waals surface area contributed by atoms with Gasteiger partial charge in [-0.25, -0.2) is 0 Å². The quantitative estimate of drug-likeness (QED) is 0.557. The molecule has 10 heterocycles. The van der Waals surface area contributed by atoms with Gasteiger partial charge in [0.1, 0.15) is 0 Å². The van der Waals surface area contributed by atoms with Gasteiger partial charge in [0.15, 0.2) is 0 Å².